The van der Waals surface area contributed by atoms with E-state index in [1.54, 1.807) is 24.3 Å². The van der Waals surface area contributed by atoms with Crippen LogP contribution in [0, 0.1) is 5.92 Å². The second-order valence-electron chi connectivity index (χ2n) is 7.65. The number of nitrogens with zero attached hydrogens (tertiary/aromatic N) is 1. The van der Waals surface area contributed by atoms with E-state index < -0.39 is 6.10 Å². The van der Waals surface area contributed by atoms with Crippen molar-refractivity contribution in [2.45, 2.75) is 25.0 Å². The predicted octanol–water partition coefficient (Wildman–Crippen LogP) is 0.0289. The molecule has 0 radical (unpaired) electrons. The first-order valence-corrected chi connectivity index (χ1v) is 9.33. The third-order valence-electron chi connectivity index (χ3n) is 5.59. The van der Waals surface area contributed by atoms with Gasteiger partial charge in [-0.3, -0.25) is 4.79 Å². The second-order valence-corrected chi connectivity index (χ2v) is 7.65. The lowest BCUT2D eigenvalue weighted by Crippen LogP contribution is -3.15. The average Bonchev–Trinajstić information content (AvgIpc) is 2.61. The number of phenols is 1. The van der Waals surface area contributed by atoms with Crippen molar-refractivity contribution in [2.75, 3.05) is 31.5 Å². The summed E-state index contributed by atoms with van der Waals surface area (Å²) < 4.78 is 1.94. The summed E-state index contributed by atoms with van der Waals surface area (Å²) >= 11 is 0. The van der Waals surface area contributed by atoms with E-state index in [1.807, 2.05) is 16.7 Å². The summed E-state index contributed by atoms with van der Waals surface area (Å²) in [5.74, 6) is 1.12. The van der Waals surface area contributed by atoms with Gasteiger partial charge in [0.05, 0.1) is 13.1 Å². The molecule has 2 bridgehead atoms. The molecular weight excluding hydrogens is 330 g/mol. The van der Waals surface area contributed by atoms with Crippen LogP contribution in [0.3, 0.4) is 0 Å². The molecule has 1 aromatic carbocycles. The van der Waals surface area contributed by atoms with Gasteiger partial charge in [-0.25, -0.2) is 0 Å². The van der Waals surface area contributed by atoms with Crippen molar-refractivity contribution in [3.8, 4) is 5.75 Å². The van der Waals surface area contributed by atoms with Crippen molar-refractivity contribution >= 4 is 5.69 Å². The highest BCUT2D eigenvalue weighted by atomic mass is 16.3. The van der Waals surface area contributed by atoms with Crippen molar-refractivity contribution < 1.29 is 15.1 Å². The van der Waals surface area contributed by atoms with Crippen molar-refractivity contribution in [1.82, 2.24) is 4.57 Å². The number of aromatic hydroxyl groups is 1. The molecule has 1 fully saturated rings. The molecule has 2 aliphatic heterocycles. The van der Waals surface area contributed by atoms with Gasteiger partial charge in [-0.15, -0.1) is 0 Å². The molecule has 26 heavy (non-hydrogen) atoms. The number of nitrogens with one attached hydrogen (secondary N) is 2. The van der Waals surface area contributed by atoms with E-state index in [4.69, 9.17) is 0 Å². The molecule has 4 N–H and O–H groups in total. The van der Waals surface area contributed by atoms with Crippen molar-refractivity contribution in [3.63, 3.8) is 0 Å². The number of pyridine rings is 1. The van der Waals surface area contributed by atoms with Crippen molar-refractivity contribution in [1.29, 1.82) is 0 Å². The number of benzene rings is 1. The summed E-state index contributed by atoms with van der Waals surface area (Å²) in [5, 5.41) is 23.1. The van der Waals surface area contributed by atoms with Gasteiger partial charge in [0.1, 0.15) is 18.4 Å². The molecular formula is C20H26N3O3+. The smallest absolute Gasteiger partial charge is 0.250 e. The maximum atomic E-state index is 12.1. The lowest BCUT2D eigenvalue weighted by atomic mass is 9.83. The predicted molar refractivity (Wildman–Crippen MR) is 99.7 cm³/mol. The number of aromatic nitrogens is 1. The van der Waals surface area contributed by atoms with Gasteiger partial charge in [0.25, 0.3) is 5.56 Å². The summed E-state index contributed by atoms with van der Waals surface area (Å²) in [5.41, 5.74) is 2.07. The van der Waals surface area contributed by atoms with E-state index >= 15 is 0 Å². The molecule has 2 aromatic rings. The van der Waals surface area contributed by atoms with Crippen LogP contribution in [0.5, 0.6) is 5.75 Å². The largest absolute Gasteiger partial charge is 0.508 e. The van der Waals surface area contributed by atoms with Gasteiger partial charge in [0, 0.05) is 48.4 Å². The van der Waals surface area contributed by atoms with Gasteiger partial charge in [-0.05, 0) is 24.6 Å². The van der Waals surface area contributed by atoms with Gasteiger partial charge in [0.2, 0.25) is 0 Å². The number of phenolic OH excluding ortho intramolecular Hbond substituents is 1. The first kappa shape index (κ1) is 17.1. The highest BCUT2D eigenvalue weighted by molar-refractivity contribution is 5.47. The Balaban J connectivity index is 1.36. The minimum atomic E-state index is -0.454. The number of aliphatic hydroxyl groups is 1. The number of fused-ring (bicyclic) bond motifs is 4. The van der Waals surface area contributed by atoms with Gasteiger partial charge < -0.3 is 25.0 Å². The molecule has 0 spiro atoms. The Morgan fingerprint density at radius 2 is 2.08 bits per heavy atom. The molecule has 6 nitrogen and oxygen atoms in total. The van der Waals surface area contributed by atoms with Crippen LogP contribution in [0.15, 0.2) is 47.3 Å². The van der Waals surface area contributed by atoms with Crippen molar-refractivity contribution in [2.24, 2.45) is 5.92 Å². The fourth-order valence-corrected chi connectivity index (χ4v) is 4.54. The van der Waals surface area contributed by atoms with E-state index in [1.165, 1.54) is 4.90 Å². The minimum Gasteiger partial charge on any atom is -0.508 e. The summed E-state index contributed by atoms with van der Waals surface area (Å²) in [7, 11) is 0. The number of likely N-dealkylation sites (tertiary alicyclic amines) is 1. The number of hydrogen-bond acceptors (Lipinski definition) is 4. The molecule has 138 valence electrons. The van der Waals surface area contributed by atoms with Crippen LogP contribution in [0.25, 0.3) is 0 Å². The number of rotatable bonds is 5. The molecule has 6 heteroatoms. The average molecular weight is 356 g/mol. The molecule has 1 aromatic heterocycles. The quantitative estimate of drug-likeness (QED) is 0.610. The molecule has 0 saturated carbocycles. The van der Waals surface area contributed by atoms with E-state index in [-0.39, 0.29) is 11.3 Å². The Bertz CT molecular complexity index is 835. The molecule has 3 heterocycles. The van der Waals surface area contributed by atoms with Crippen LogP contribution in [-0.2, 0) is 6.54 Å². The normalized spacial score (nSPS) is 25.3. The maximum Gasteiger partial charge on any atom is 0.250 e. The van der Waals surface area contributed by atoms with E-state index in [0.29, 0.717) is 24.9 Å². The number of piperidine rings is 1. The Kier molecular flexibility index (Phi) is 4.70. The van der Waals surface area contributed by atoms with Crippen molar-refractivity contribution in [3.05, 3.63) is 58.5 Å². The number of quaternary nitrogens is 1. The van der Waals surface area contributed by atoms with E-state index in [2.05, 4.69) is 11.4 Å². The van der Waals surface area contributed by atoms with Crippen LogP contribution in [0.1, 0.15) is 18.0 Å². The Labute approximate surface area is 152 Å². The topological polar surface area (TPSA) is 78.9 Å². The monoisotopic (exact) mass is 356 g/mol. The van der Waals surface area contributed by atoms with Gasteiger partial charge in [0.15, 0.2) is 0 Å². The lowest BCUT2D eigenvalue weighted by Gasteiger charge is -2.40. The Morgan fingerprint density at radius 1 is 1.23 bits per heavy atom. The zero-order valence-electron chi connectivity index (χ0n) is 14.8. The highest BCUT2D eigenvalue weighted by Gasteiger charge is 2.37. The van der Waals surface area contributed by atoms with Crippen LogP contribution < -0.4 is 15.8 Å². The summed E-state index contributed by atoms with van der Waals surface area (Å²) in [6, 6.07) is 12.5. The molecule has 1 unspecified atom stereocenters. The number of aliphatic hydroxyl groups excluding tert-OH is 1. The fourth-order valence-electron chi connectivity index (χ4n) is 4.54. The third-order valence-corrected chi connectivity index (χ3v) is 5.59. The minimum absolute atomic E-state index is 0.107. The first-order chi connectivity index (χ1) is 12.6. The van der Waals surface area contributed by atoms with Crippen LogP contribution in [-0.4, -0.2) is 47.1 Å². The standard InChI is InChI=1S/C20H25N3O3/c24-17-4-1-3-16(8-17)21-9-18(25)13-22-10-14-7-15(12-22)19-5-2-6-20(26)23(19)11-14/h1-6,8,14-15,18,21,24-25H,7,9-13H2/p+1/t14-,15+,18+/m1/s1. The SMILES string of the molecule is O=c1cccc2n1C[C@@H]1C[C@H]2C[NH+](C[C@@H](O)CNc2cccc(O)c2)C1. The molecule has 1 saturated heterocycles. The van der Waals surface area contributed by atoms with Gasteiger partial charge in [-0.2, -0.15) is 0 Å². The molecule has 2 aliphatic rings. The number of hydrogen-bond donors (Lipinski definition) is 4. The van der Waals surface area contributed by atoms with E-state index in [9.17, 15) is 15.0 Å². The lowest BCUT2D eigenvalue weighted by molar-refractivity contribution is -0.913. The second kappa shape index (κ2) is 7.13. The summed E-state index contributed by atoms with van der Waals surface area (Å²) in [6.45, 7) is 3.91. The van der Waals surface area contributed by atoms with Crippen LogP contribution >= 0.6 is 0 Å². The molecule has 4 rings (SSSR count). The zero-order chi connectivity index (χ0) is 18.1. The van der Waals surface area contributed by atoms with E-state index in [0.717, 1.165) is 37.4 Å². The van der Waals surface area contributed by atoms with Gasteiger partial charge in [-0.1, -0.05) is 12.1 Å². The fraction of sp³-hybridized carbons (Fsp3) is 0.450. The van der Waals surface area contributed by atoms with Crippen LogP contribution in [0.4, 0.5) is 5.69 Å². The summed E-state index contributed by atoms with van der Waals surface area (Å²) in [4.78, 5) is 13.5. The Hall–Kier alpha value is -2.31. The van der Waals surface area contributed by atoms with Crippen LogP contribution in [0.2, 0.25) is 0 Å². The molecule has 0 amide bonds. The highest BCUT2D eigenvalue weighted by Crippen LogP contribution is 2.30. The first-order valence-electron chi connectivity index (χ1n) is 9.33. The molecule has 0 aliphatic carbocycles. The maximum absolute atomic E-state index is 12.1. The zero-order valence-corrected chi connectivity index (χ0v) is 14.8. The number of anilines is 1. The molecule has 4 atom stereocenters. The van der Waals surface area contributed by atoms with Gasteiger partial charge >= 0.3 is 0 Å². The summed E-state index contributed by atoms with van der Waals surface area (Å²) in [6.07, 6.45) is 0.689. The third kappa shape index (κ3) is 3.61. The Morgan fingerprint density at radius 3 is 2.92 bits per heavy atom.